The number of halogens is 1. The van der Waals surface area contributed by atoms with Crippen molar-refractivity contribution in [3.8, 4) is 0 Å². The van der Waals surface area contributed by atoms with Crippen LogP contribution in [-0.2, 0) is 6.54 Å². The lowest BCUT2D eigenvalue weighted by Gasteiger charge is -2.25. The lowest BCUT2D eigenvalue weighted by molar-refractivity contribution is 0.266. The van der Waals surface area contributed by atoms with Crippen LogP contribution in [0.4, 0.5) is 10.1 Å². The van der Waals surface area contributed by atoms with E-state index >= 15 is 0 Å². The highest BCUT2D eigenvalue weighted by molar-refractivity contribution is 7.80. The van der Waals surface area contributed by atoms with Gasteiger partial charge in [0, 0.05) is 24.4 Å². The Morgan fingerprint density at radius 2 is 2.00 bits per heavy atom. The summed E-state index contributed by atoms with van der Waals surface area (Å²) < 4.78 is 13.1. The zero-order valence-corrected chi connectivity index (χ0v) is 16.4. The Balaban J connectivity index is 1.84. The van der Waals surface area contributed by atoms with Crippen LogP contribution in [0.3, 0.4) is 0 Å². The molecule has 0 amide bonds. The molecule has 0 unspecified atom stereocenters. The summed E-state index contributed by atoms with van der Waals surface area (Å²) >= 11 is 5.49. The molecule has 0 saturated carbocycles. The number of para-hydroxylation sites is 1. The molecule has 3 rings (SSSR count). The van der Waals surface area contributed by atoms with Gasteiger partial charge in [-0.3, -0.25) is 4.79 Å². The van der Waals surface area contributed by atoms with Gasteiger partial charge in [0.05, 0.1) is 12.1 Å². The molecule has 3 N–H and O–H groups in total. The molecule has 0 aliphatic heterocycles. The van der Waals surface area contributed by atoms with Gasteiger partial charge < -0.3 is 20.3 Å². The van der Waals surface area contributed by atoms with Gasteiger partial charge in [-0.25, -0.2) is 4.39 Å². The summed E-state index contributed by atoms with van der Waals surface area (Å²) in [6.45, 7) is 2.75. The number of nitrogens with zero attached hydrogens (tertiary/aromatic N) is 1. The van der Waals surface area contributed by atoms with Gasteiger partial charge in [-0.05, 0) is 66.8 Å². The molecule has 0 atom stereocenters. The number of anilines is 1. The van der Waals surface area contributed by atoms with Crippen LogP contribution in [0.1, 0.15) is 17.5 Å². The lowest BCUT2D eigenvalue weighted by atomic mass is 10.1. The molecule has 0 spiro atoms. The molecule has 146 valence electrons. The summed E-state index contributed by atoms with van der Waals surface area (Å²) in [4.78, 5) is 17.3. The van der Waals surface area contributed by atoms with Gasteiger partial charge in [0.15, 0.2) is 5.11 Å². The number of hydrogen-bond acceptors (Lipinski definition) is 3. The number of aromatic nitrogens is 1. The first-order valence-electron chi connectivity index (χ1n) is 9.02. The quantitative estimate of drug-likeness (QED) is 0.553. The summed E-state index contributed by atoms with van der Waals surface area (Å²) in [6, 6.07) is 13.6. The molecular formula is C21H22FN3O2S. The molecule has 1 heterocycles. The Hall–Kier alpha value is -2.77. The summed E-state index contributed by atoms with van der Waals surface area (Å²) in [7, 11) is 0. The monoisotopic (exact) mass is 399 g/mol. The number of aliphatic hydroxyl groups is 1. The number of pyridine rings is 1. The van der Waals surface area contributed by atoms with Crippen molar-refractivity contribution in [1.29, 1.82) is 0 Å². The van der Waals surface area contributed by atoms with Gasteiger partial charge in [-0.1, -0.05) is 18.2 Å². The number of aromatic amines is 1. The summed E-state index contributed by atoms with van der Waals surface area (Å²) in [5, 5.41) is 13.6. The maximum atomic E-state index is 13.1. The molecule has 0 fully saturated rings. The van der Waals surface area contributed by atoms with Gasteiger partial charge in [-0.15, -0.1) is 0 Å². The number of thiocarbonyl (C=S) groups is 1. The van der Waals surface area contributed by atoms with Crippen molar-refractivity contribution < 1.29 is 9.50 Å². The average molecular weight is 399 g/mol. The summed E-state index contributed by atoms with van der Waals surface area (Å²) in [6.07, 6.45) is 0.510. The summed E-state index contributed by atoms with van der Waals surface area (Å²) in [5.74, 6) is -0.327. The number of benzene rings is 2. The molecule has 5 nitrogen and oxygen atoms in total. The van der Waals surface area contributed by atoms with E-state index in [0.717, 1.165) is 16.5 Å². The second-order valence-electron chi connectivity index (χ2n) is 6.60. The van der Waals surface area contributed by atoms with Gasteiger partial charge in [-0.2, -0.15) is 0 Å². The van der Waals surface area contributed by atoms with Gasteiger partial charge in [0.1, 0.15) is 5.82 Å². The number of rotatable bonds is 6. The maximum Gasteiger partial charge on any atom is 0.253 e. The van der Waals surface area contributed by atoms with E-state index in [-0.39, 0.29) is 18.0 Å². The van der Waals surface area contributed by atoms with Crippen LogP contribution in [0.25, 0.3) is 10.9 Å². The minimum atomic E-state index is -0.327. The molecule has 28 heavy (non-hydrogen) atoms. The number of aliphatic hydroxyl groups excluding tert-OH is 1. The zero-order valence-electron chi connectivity index (χ0n) is 15.5. The van der Waals surface area contributed by atoms with Crippen molar-refractivity contribution >= 4 is 33.9 Å². The number of hydrogen-bond donors (Lipinski definition) is 3. The van der Waals surface area contributed by atoms with E-state index in [1.165, 1.54) is 12.1 Å². The van der Waals surface area contributed by atoms with E-state index in [1.54, 1.807) is 12.1 Å². The van der Waals surface area contributed by atoms with Crippen LogP contribution >= 0.6 is 12.2 Å². The van der Waals surface area contributed by atoms with Crippen LogP contribution in [0, 0.1) is 12.7 Å². The number of H-pyrrole nitrogens is 1. The van der Waals surface area contributed by atoms with Crippen LogP contribution in [0.15, 0.2) is 53.3 Å². The second kappa shape index (κ2) is 8.95. The molecular weight excluding hydrogens is 377 g/mol. The summed E-state index contributed by atoms with van der Waals surface area (Å²) in [5.41, 5.74) is 2.90. The molecule has 0 radical (unpaired) electrons. The van der Waals surface area contributed by atoms with Crippen LogP contribution in [-0.4, -0.2) is 33.3 Å². The van der Waals surface area contributed by atoms with Crippen LogP contribution < -0.4 is 10.9 Å². The van der Waals surface area contributed by atoms with Gasteiger partial charge in [0.25, 0.3) is 5.56 Å². The maximum absolute atomic E-state index is 13.1. The molecule has 0 bridgehead atoms. The first kappa shape index (κ1) is 20.0. The Morgan fingerprint density at radius 1 is 1.25 bits per heavy atom. The Labute approximate surface area is 167 Å². The first-order chi connectivity index (χ1) is 13.5. The molecule has 2 aromatic carbocycles. The smallest absolute Gasteiger partial charge is 0.253 e. The van der Waals surface area contributed by atoms with E-state index in [9.17, 15) is 14.3 Å². The fraction of sp³-hybridized carbons (Fsp3) is 0.238. The van der Waals surface area contributed by atoms with Crippen LogP contribution in [0.2, 0.25) is 0 Å². The number of aryl methyl sites for hydroxylation is 1. The normalized spacial score (nSPS) is 10.8. The topological polar surface area (TPSA) is 68.4 Å². The number of fused-ring (bicyclic) bond motifs is 1. The van der Waals surface area contributed by atoms with Crippen LogP contribution in [0.5, 0.6) is 0 Å². The minimum Gasteiger partial charge on any atom is -0.396 e. The second-order valence-corrected chi connectivity index (χ2v) is 6.99. The average Bonchev–Trinajstić information content (AvgIpc) is 2.68. The molecule has 0 saturated heterocycles. The molecule has 7 heteroatoms. The Morgan fingerprint density at radius 3 is 2.71 bits per heavy atom. The van der Waals surface area contributed by atoms with Crippen molar-refractivity contribution in [3.05, 3.63) is 75.8 Å². The van der Waals surface area contributed by atoms with Crippen molar-refractivity contribution in [1.82, 2.24) is 9.88 Å². The highest BCUT2D eigenvalue weighted by atomic mass is 32.1. The van der Waals surface area contributed by atoms with E-state index in [4.69, 9.17) is 12.2 Å². The largest absolute Gasteiger partial charge is 0.396 e. The van der Waals surface area contributed by atoms with Crippen molar-refractivity contribution in [3.63, 3.8) is 0 Å². The van der Waals surface area contributed by atoms with Crippen molar-refractivity contribution in [2.24, 2.45) is 0 Å². The SMILES string of the molecule is Cc1cccc2cc(CN(CCCO)C(=S)Nc3ccc(F)cc3)c(=O)[nH]c12. The van der Waals surface area contributed by atoms with Gasteiger partial charge in [0.2, 0.25) is 0 Å². The van der Waals surface area contributed by atoms with Crippen molar-refractivity contribution in [2.75, 3.05) is 18.5 Å². The molecule has 1 aromatic heterocycles. The lowest BCUT2D eigenvalue weighted by Crippen LogP contribution is -2.37. The predicted molar refractivity (Wildman–Crippen MR) is 114 cm³/mol. The Bertz CT molecular complexity index is 1030. The minimum absolute atomic E-state index is 0.0168. The van der Waals surface area contributed by atoms with E-state index in [1.807, 2.05) is 36.1 Å². The third kappa shape index (κ3) is 4.74. The zero-order chi connectivity index (χ0) is 20.1. The standard InChI is InChI=1S/C21H22FN3O2S/c1-14-4-2-5-15-12-16(20(27)24-19(14)15)13-25(10-3-11-26)21(28)23-18-8-6-17(22)7-9-18/h2,4-9,12,26H,3,10-11,13H2,1H3,(H,23,28)(H,24,27). The van der Waals surface area contributed by atoms with E-state index in [0.29, 0.717) is 35.9 Å². The third-order valence-electron chi connectivity index (χ3n) is 4.49. The number of nitrogens with one attached hydrogen (secondary N) is 2. The Kier molecular flexibility index (Phi) is 6.38. The highest BCUT2D eigenvalue weighted by Gasteiger charge is 2.14. The predicted octanol–water partition coefficient (Wildman–Crippen LogP) is 3.56. The van der Waals surface area contributed by atoms with Gasteiger partial charge >= 0.3 is 0 Å². The highest BCUT2D eigenvalue weighted by Crippen LogP contribution is 2.16. The van der Waals surface area contributed by atoms with E-state index < -0.39 is 0 Å². The fourth-order valence-corrected chi connectivity index (χ4v) is 3.28. The van der Waals surface area contributed by atoms with Crippen molar-refractivity contribution in [2.45, 2.75) is 19.9 Å². The molecule has 3 aromatic rings. The first-order valence-corrected chi connectivity index (χ1v) is 9.42. The third-order valence-corrected chi connectivity index (χ3v) is 4.86. The fourth-order valence-electron chi connectivity index (χ4n) is 3.00. The van der Waals surface area contributed by atoms with E-state index in [2.05, 4.69) is 10.3 Å². The molecule has 0 aliphatic rings. The molecule has 0 aliphatic carbocycles.